The van der Waals surface area contributed by atoms with Crippen LogP contribution in [0.25, 0.3) is 0 Å². The number of aryl methyl sites for hydroxylation is 1. The smallest absolute Gasteiger partial charge is 0.383 e. The molecule has 102 valence electrons. The molecule has 2 unspecified atom stereocenters. The van der Waals surface area contributed by atoms with E-state index in [1.807, 2.05) is 0 Å². The van der Waals surface area contributed by atoms with Crippen LogP contribution in [-0.2, 0) is 0 Å². The van der Waals surface area contributed by atoms with Crippen molar-refractivity contribution in [3.63, 3.8) is 0 Å². The number of alkyl halides is 6. The van der Waals surface area contributed by atoms with Crippen LogP contribution in [0.5, 0.6) is 0 Å². The molecule has 18 heavy (non-hydrogen) atoms. The van der Waals surface area contributed by atoms with Crippen molar-refractivity contribution in [3.8, 4) is 0 Å². The van der Waals surface area contributed by atoms with Crippen LogP contribution in [-0.4, -0.2) is 23.6 Å². The SMILES string of the molecule is Cc1ccc(C(C(O)C(F)(F)F)C(F)(F)F)cc1. The molecule has 0 radical (unpaired) electrons. The highest BCUT2D eigenvalue weighted by Crippen LogP contribution is 2.42. The summed E-state index contributed by atoms with van der Waals surface area (Å²) in [6, 6.07) is 4.39. The van der Waals surface area contributed by atoms with Gasteiger partial charge in [-0.2, -0.15) is 26.3 Å². The Hall–Kier alpha value is -1.24. The predicted octanol–water partition coefficient (Wildman–Crippen LogP) is 3.56. The third-order valence-electron chi connectivity index (χ3n) is 2.44. The molecule has 0 spiro atoms. The van der Waals surface area contributed by atoms with E-state index in [4.69, 9.17) is 5.11 Å². The summed E-state index contributed by atoms with van der Waals surface area (Å²) in [5, 5.41) is 8.86. The van der Waals surface area contributed by atoms with Crippen molar-refractivity contribution in [1.82, 2.24) is 0 Å². The molecule has 0 aliphatic heterocycles. The van der Waals surface area contributed by atoms with Gasteiger partial charge in [0.1, 0.15) is 5.92 Å². The molecule has 1 aromatic carbocycles. The molecule has 1 N–H and O–H groups in total. The summed E-state index contributed by atoms with van der Waals surface area (Å²) in [5.74, 6) is -2.97. The Kier molecular flexibility index (Phi) is 3.95. The van der Waals surface area contributed by atoms with E-state index in [9.17, 15) is 26.3 Å². The van der Waals surface area contributed by atoms with Crippen molar-refractivity contribution in [1.29, 1.82) is 0 Å². The van der Waals surface area contributed by atoms with Gasteiger partial charge in [-0.05, 0) is 12.5 Å². The van der Waals surface area contributed by atoms with Crippen LogP contribution in [0.2, 0.25) is 0 Å². The second-order valence-electron chi connectivity index (χ2n) is 3.92. The van der Waals surface area contributed by atoms with E-state index in [0.29, 0.717) is 5.56 Å². The van der Waals surface area contributed by atoms with Crippen molar-refractivity contribution in [3.05, 3.63) is 35.4 Å². The second-order valence-corrected chi connectivity index (χ2v) is 3.92. The first kappa shape index (κ1) is 14.8. The third kappa shape index (κ3) is 3.38. The third-order valence-corrected chi connectivity index (χ3v) is 2.44. The number of hydrogen-bond donors (Lipinski definition) is 1. The highest BCUT2D eigenvalue weighted by Gasteiger charge is 2.55. The van der Waals surface area contributed by atoms with Crippen LogP contribution in [0.4, 0.5) is 26.3 Å². The predicted molar refractivity (Wildman–Crippen MR) is 52.0 cm³/mol. The zero-order valence-corrected chi connectivity index (χ0v) is 9.18. The standard InChI is InChI=1S/C11H10F6O/c1-6-2-4-7(5-3-6)8(10(12,13)14)9(18)11(15,16)17/h2-5,8-9,18H,1H3. The minimum atomic E-state index is -5.33. The molecule has 2 atom stereocenters. The lowest BCUT2D eigenvalue weighted by molar-refractivity contribution is -0.254. The second kappa shape index (κ2) is 4.79. The number of halogens is 6. The summed E-state index contributed by atoms with van der Waals surface area (Å²) in [6.45, 7) is 1.59. The molecule has 0 heterocycles. The average Bonchev–Trinajstić information content (AvgIpc) is 2.17. The number of aliphatic hydroxyl groups excluding tert-OH is 1. The van der Waals surface area contributed by atoms with Crippen molar-refractivity contribution in [2.24, 2.45) is 0 Å². The van der Waals surface area contributed by atoms with Crippen molar-refractivity contribution >= 4 is 0 Å². The monoisotopic (exact) mass is 272 g/mol. The minimum absolute atomic E-state index is 0.612. The van der Waals surface area contributed by atoms with Gasteiger partial charge in [0.2, 0.25) is 0 Å². The molecule has 0 amide bonds. The summed E-state index contributed by atoms with van der Waals surface area (Å²) < 4.78 is 74.6. The van der Waals surface area contributed by atoms with Gasteiger partial charge in [-0.3, -0.25) is 0 Å². The van der Waals surface area contributed by atoms with Gasteiger partial charge >= 0.3 is 12.4 Å². The maximum Gasteiger partial charge on any atom is 0.415 e. The Morgan fingerprint density at radius 2 is 1.33 bits per heavy atom. The highest BCUT2D eigenvalue weighted by atomic mass is 19.4. The fourth-order valence-corrected chi connectivity index (χ4v) is 1.51. The quantitative estimate of drug-likeness (QED) is 0.816. The molecule has 7 heteroatoms. The number of rotatable bonds is 2. The zero-order chi connectivity index (χ0) is 14.1. The molecule has 1 aromatic rings. The van der Waals surface area contributed by atoms with E-state index in [-0.39, 0.29) is 0 Å². The first-order chi connectivity index (χ1) is 8.03. The summed E-state index contributed by atoms with van der Waals surface area (Å²) in [5.41, 5.74) is -0.000835. The lowest BCUT2D eigenvalue weighted by atomic mass is 9.91. The maximum atomic E-state index is 12.6. The highest BCUT2D eigenvalue weighted by molar-refractivity contribution is 5.27. The van der Waals surface area contributed by atoms with Gasteiger partial charge in [-0.15, -0.1) is 0 Å². The molecule has 1 rings (SSSR count). The molecular formula is C11H10F6O. The Bertz CT molecular complexity index is 391. The van der Waals surface area contributed by atoms with E-state index in [1.54, 1.807) is 6.92 Å². The van der Waals surface area contributed by atoms with Crippen LogP contribution in [0.1, 0.15) is 17.0 Å². The molecule has 0 saturated carbocycles. The first-order valence-electron chi connectivity index (χ1n) is 4.91. The van der Waals surface area contributed by atoms with Crippen molar-refractivity contribution in [2.45, 2.75) is 31.3 Å². The first-order valence-corrected chi connectivity index (χ1v) is 4.91. The minimum Gasteiger partial charge on any atom is -0.383 e. The molecule has 0 bridgehead atoms. The van der Waals surface area contributed by atoms with Crippen LogP contribution < -0.4 is 0 Å². The van der Waals surface area contributed by atoms with Crippen LogP contribution in [0, 0.1) is 6.92 Å². The largest absolute Gasteiger partial charge is 0.415 e. The van der Waals surface area contributed by atoms with E-state index < -0.39 is 29.9 Å². The maximum absolute atomic E-state index is 12.6. The Labute approximate surface area is 99.0 Å². The van der Waals surface area contributed by atoms with Gasteiger partial charge in [0.05, 0.1) is 0 Å². The van der Waals surface area contributed by atoms with Crippen LogP contribution in [0.15, 0.2) is 24.3 Å². The molecule has 0 fully saturated rings. The number of hydrogen-bond acceptors (Lipinski definition) is 1. The Morgan fingerprint density at radius 3 is 1.67 bits per heavy atom. The van der Waals surface area contributed by atoms with E-state index in [0.717, 1.165) is 12.1 Å². The van der Waals surface area contributed by atoms with Crippen LogP contribution in [0.3, 0.4) is 0 Å². The molecule has 0 saturated heterocycles. The van der Waals surface area contributed by atoms with Crippen molar-refractivity contribution < 1.29 is 31.4 Å². The van der Waals surface area contributed by atoms with Gasteiger partial charge in [0.15, 0.2) is 6.10 Å². The van der Waals surface area contributed by atoms with Gasteiger partial charge in [0, 0.05) is 0 Å². The zero-order valence-electron chi connectivity index (χ0n) is 9.18. The number of aliphatic hydroxyl groups is 1. The van der Waals surface area contributed by atoms with Crippen molar-refractivity contribution in [2.75, 3.05) is 0 Å². The fraction of sp³-hybridized carbons (Fsp3) is 0.455. The Morgan fingerprint density at radius 1 is 0.889 bits per heavy atom. The molecule has 0 aliphatic carbocycles. The summed E-state index contributed by atoms with van der Waals surface area (Å²) in [7, 11) is 0. The molecule has 1 nitrogen and oxygen atoms in total. The summed E-state index contributed by atoms with van der Waals surface area (Å²) in [6.07, 6.45) is -14.0. The fourth-order valence-electron chi connectivity index (χ4n) is 1.51. The van der Waals surface area contributed by atoms with Gasteiger partial charge in [-0.25, -0.2) is 0 Å². The Balaban J connectivity index is 3.19. The molecule has 0 aliphatic rings. The lowest BCUT2D eigenvalue weighted by Crippen LogP contribution is -2.41. The van der Waals surface area contributed by atoms with Crippen LogP contribution >= 0.6 is 0 Å². The van der Waals surface area contributed by atoms with E-state index in [1.165, 1.54) is 12.1 Å². The lowest BCUT2D eigenvalue weighted by Gasteiger charge is -2.27. The van der Waals surface area contributed by atoms with Gasteiger partial charge < -0.3 is 5.11 Å². The topological polar surface area (TPSA) is 20.2 Å². The summed E-state index contributed by atoms with van der Waals surface area (Å²) in [4.78, 5) is 0. The molecular weight excluding hydrogens is 262 g/mol. The van der Waals surface area contributed by atoms with E-state index in [2.05, 4.69) is 0 Å². The van der Waals surface area contributed by atoms with E-state index >= 15 is 0 Å². The summed E-state index contributed by atoms with van der Waals surface area (Å²) >= 11 is 0. The van der Waals surface area contributed by atoms with Gasteiger partial charge in [-0.1, -0.05) is 29.8 Å². The van der Waals surface area contributed by atoms with Gasteiger partial charge in [0.25, 0.3) is 0 Å². The number of benzene rings is 1. The average molecular weight is 272 g/mol. The molecule has 0 aromatic heterocycles. The normalized spacial score (nSPS) is 16.4.